The Labute approximate surface area is 263 Å². The zero-order valence-electron chi connectivity index (χ0n) is 25.2. The molecule has 1 amide bonds. The van der Waals surface area contributed by atoms with Crippen LogP contribution in [-0.4, -0.2) is 27.2 Å². The van der Waals surface area contributed by atoms with E-state index in [1.807, 2.05) is 79.0 Å². The molecule has 44 heavy (non-hydrogen) atoms. The maximum Gasteiger partial charge on any atom is 0.262 e. The molecule has 222 valence electrons. The van der Waals surface area contributed by atoms with Crippen LogP contribution < -0.4 is 20.3 Å². The van der Waals surface area contributed by atoms with Crippen molar-refractivity contribution in [3.8, 4) is 11.4 Å². The van der Waals surface area contributed by atoms with E-state index >= 15 is 0 Å². The van der Waals surface area contributed by atoms with Crippen molar-refractivity contribution in [3.05, 3.63) is 137 Å². The van der Waals surface area contributed by atoms with Gasteiger partial charge in [-0.15, -0.1) is 0 Å². The molecule has 0 aliphatic carbocycles. The number of carbonyl (C=O) groups excluding carboxylic acids is 1. The second kappa shape index (κ2) is 12.3. The number of nitrogens with zero attached hydrogens (tertiary/aromatic N) is 3. The number of rotatable bonds is 8. The maximum atomic E-state index is 12.6. The van der Waals surface area contributed by atoms with Crippen LogP contribution >= 0.6 is 12.2 Å². The van der Waals surface area contributed by atoms with Crippen molar-refractivity contribution in [2.75, 3.05) is 16.8 Å². The molecule has 1 aliphatic rings. The number of amides is 1. The van der Waals surface area contributed by atoms with Crippen molar-refractivity contribution in [1.82, 2.24) is 14.9 Å². The molecular formula is C36H35N5O2S. The summed E-state index contributed by atoms with van der Waals surface area (Å²) >= 11 is 5.97. The van der Waals surface area contributed by atoms with Gasteiger partial charge in [0.2, 0.25) is 0 Å². The van der Waals surface area contributed by atoms with Gasteiger partial charge >= 0.3 is 0 Å². The fraction of sp³-hybridized carbons (Fsp3) is 0.194. The molecule has 3 aromatic carbocycles. The van der Waals surface area contributed by atoms with Gasteiger partial charge in [-0.3, -0.25) is 9.78 Å². The van der Waals surface area contributed by atoms with Crippen LogP contribution in [0, 0.1) is 27.7 Å². The molecule has 1 fully saturated rings. The van der Waals surface area contributed by atoms with E-state index in [1.54, 1.807) is 0 Å². The van der Waals surface area contributed by atoms with E-state index < -0.39 is 0 Å². The first-order chi connectivity index (χ1) is 21.3. The Kier molecular flexibility index (Phi) is 8.17. The van der Waals surface area contributed by atoms with Crippen molar-refractivity contribution in [3.63, 3.8) is 0 Å². The molecule has 1 aliphatic heterocycles. The second-order valence-corrected chi connectivity index (χ2v) is 11.5. The standard InChI is InChI=1S/C36H35N5O2S/c1-23-11-10-15-32(25(23)3)40-24(2)21-30(26(40)4)35-34(31-14-8-9-20-37-31)39-36(44)41(35)28-18-16-27(17-19-28)38-33(42)22-43-29-12-6-5-7-13-29/h5-21,34-35H,22H2,1-4H3,(H,38,42)(H,39,44). The molecule has 0 saturated carbocycles. The molecule has 7 nitrogen and oxygen atoms in total. The van der Waals surface area contributed by atoms with Crippen LogP contribution in [-0.2, 0) is 4.79 Å². The minimum absolute atomic E-state index is 0.0737. The quantitative estimate of drug-likeness (QED) is 0.182. The lowest BCUT2D eigenvalue weighted by molar-refractivity contribution is -0.118. The molecule has 2 N–H and O–H groups in total. The number of hydrogen-bond donors (Lipinski definition) is 2. The number of ether oxygens (including phenoxy) is 1. The molecule has 1 saturated heterocycles. The predicted molar refractivity (Wildman–Crippen MR) is 180 cm³/mol. The summed E-state index contributed by atoms with van der Waals surface area (Å²) in [5.41, 5.74) is 9.68. The van der Waals surface area contributed by atoms with Crippen LogP contribution in [0.1, 0.15) is 45.9 Å². The summed E-state index contributed by atoms with van der Waals surface area (Å²) < 4.78 is 7.93. The Balaban J connectivity index is 1.32. The minimum atomic E-state index is -0.230. The van der Waals surface area contributed by atoms with E-state index in [4.69, 9.17) is 21.9 Å². The van der Waals surface area contributed by atoms with E-state index in [9.17, 15) is 4.79 Å². The summed E-state index contributed by atoms with van der Waals surface area (Å²) in [6.07, 6.45) is 1.82. The van der Waals surface area contributed by atoms with Crippen LogP contribution in [0.3, 0.4) is 0 Å². The summed E-state index contributed by atoms with van der Waals surface area (Å²) in [6, 6.07) is 31.4. The normalized spacial score (nSPS) is 16.1. The number of aromatic nitrogens is 2. The Bertz CT molecular complexity index is 1800. The molecule has 3 heterocycles. The van der Waals surface area contributed by atoms with Gasteiger partial charge in [0, 0.05) is 34.6 Å². The van der Waals surface area contributed by atoms with E-state index in [1.165, 1.54) is 22.4 Å². The lowest BCUT2D eigenvalue weighted by atomic mass is 9.96. The first kappa shape index (κ1) is 29.1. The molecule has 2 unspecified atom stereocenters. The number of benzene rings is 3. The van der Waals surface area contributed by atoms with Gasteiger partial charge in [0.1, 0.15) is 5.75 Å². The van der Waals surface area contributed by atoms with Gasteiger partial charge < -0.3 is 24.8 Å². The zero-order valence-corrected chi connectivity index (χ0v) is 26.1. The van der Waals surface area contributed by atoms with Gasteiger partial charge in [0.15, 0.2) is 11.7 Å². The van der Waals surface area contributed by atoms with Crippen molar-refractivity contribution in [2.24, 2.45) is 0 Å². The highest BCUT2D eigenvalue weighted by Crippen LogP contribution is 2.44. The Hall–Kier alpha value is -4.95. The van der Waals surface area contributed by atoms with Gasteiger partial charge in [0.05, 0.1) is 17.8 Å². The molecule has 2 atom stereocenters. The van der Waals surface area contributed by atoms with Crippen LogP contribution in [0.25, 0.3) is 5.69 Å². The molecule has 0 radical (unpaired) electrons. The monoisotopic (exact) mass is 601 g/mol. The number of carbonyl (C=O) groups is 1. The third-order valence-corrected chi connectivity index (χ3v) is 8.56. The highest BCUT2D eigenvalue weighted by molar-refractivity contribution is 7.80. The van der Waals surface area contributed by atoms with Crippen LogP contribution in [0.15, 0.2) is 103 Å². The molecular weight excluding hydrogens is 566 g/mol. The molecule has 0 bridgehead atoms. The van der Waals surface area contributed by atoms with Gasteiger partial charge in [-0.05, 0) is 117 Å². The number of pyridine rings is 1. The summed E-state index contributed by atoms with van der Waals surface area (Å²) in [7, 11) is 0. The van der Waals surface area contributed by atoms with Crippen molar-refractivity contribution in [1.29, 1.82) is 0 Å². The number of thiocarbonyl (C=S) groups is 1. The first-order valence-electron chi connectivity index (χ1n) is 14.7. The largest absolute Gasteiger partial charge is 0.484 e. The highest BCUT2D eigenvalue weighted by Gasteiger charge is 2.42. The lowest BCUT2D eigenvalue weighted by Crippen LogP contribution is -2.29. The SMILES string of the molecule is Cc1cccc(-n2c(C)cc(C3C(c4ccccn4)NC(=S)N3c3ccc(NC(=O)COc4ccccc4)cc3)c2C)c1C. The first-order valence-corrected chi connectivity index (χ1v) is 15.1. The van der Waals surface area contributed by atoms with Crippen molar-refractivity contribution in [2.45, 2.75) is 39.8 Å². The third-order valence-electron chi connectivity index (χ3n) is 8.25. The average molecular weight is 602 g/mol. The van der Waals surface area contributed by atoms with E-state index in [-0.39, 0.29) is 24.6 Å². The van der Waals surface area contributed by atoms with Gasteiger partial charge in [-0.1, -0.05) is 36.4 Å². The van der Waals surface area contributed by atoms with Crippen LogP contribution in [0.2, 0.25) is 0 Å². The molecule has 2 aromatic heterocycles. The number of hydrogen-bond acceptors (Lipinski definition) is 4. The molecule has 6 rings (SSSR count). The summed E-state index contributed by atoms with van der Waals surface area (Å²) in [5.74, 6) is 0.422. The minimum Gasteiger partial charge on any atom is -0.484 e. The fourth-order valence-electron chi connectivity index (χ4n) is 5.95. The van der Waals surface area contributed by atoms with Gasteiger partial charge in [0.25, 0.3) is 5.91 Å². The topological polar surface area (TPSA) is 71.4 Å². The Morgan fingerprint density at radius 3 is 2.41 bits per heavy atom. The predicted octanol–water partition coefficient (Wildman–Crippen LogP) is 7.30. The number of para-hydroxylation sites is 1. The maximum absolute atomic E-state index is 12.6. The molecule has 0 spiro atoms. The third kappa shape index (κ3) is 5.68. The van der Waals surface area contributed by atoms with Crippen molar-refractivity contribution >= 4 is 34.6 Å². The summed E-state index contributed by atoms with van der Waals surface area (Å²) in [5, 5.41) is 7.10. The van der Waals surface area contributed by atoms with Crippen LogP contribution in [0.4, 0.5) is 11.4 Å². The van der Waals surface area contributed by atoms with Gasteiger partial charge in [-0.25, -0.2) is 0 Å². The Morgan fingerprint density at radius 2 is 1.68 bits per heavy atom. The lowest BCUT2D eigenvalue weighted by Gasteiger charge is -2.28. The smallest absolute Gasteiger partial charge is 0.262 e. The number of nitrogens with one attached hydrogen (secondary N) is 2. The van der Waals surface area contributed by atoms with E-state index in [0.717, 1.165) is 22.8 Å². The average Bonchev–Trinajstić information content (AvgIpc) is 3.53. The molecule has 8 heteroatoms. The Morgan fingerprint density at radius 1 is 0.932 bits per heavy atom. The van der Waals surface area contributed by atoms with Gasteiger partial charge in [-0.2, -0.15) is 0 Å². The molecule has 5 aromatic rings. The zero-order chi connectivity index (χ0) is 30.8. The number of aryl methyl sites for hydroxylation is 2. The van der Waals surface area contributed by atoms with E-state index in [0.29, 0.717) is 16.5 Å². The summed E-state index contributed by atoms with van der Waals surface area (Å²) in [6.45, 7) is 8.57. The summed E-state index contributed by atoms with van der Waals surface area (Å²) in [4.78, 5) is 19.4. The second-order valence-electron chi connectivity index (χ2n) is 11.1. The fourth-order valence-corrected chi connectivity index (χ4v) is 6.30. The van der Waals surface area contributed by atoms with E-state index in [2.05, 4.69) is 72.1 Å². The van der Waals surface area contributed by atoms with Crippen LogP contribution in [0.5, 0.6) is 5.75 Å². The highest BCUT2D eigenvalue weighted by atomic mass is 32.1. The number of anilines is 2. The van der Waals surface area contributed by atoms with Crippen molar-refractivity contribution < 1.29 is 9.53 Å².